The number of aryl methyl sites for hydroxylation is 1. The maximum absolute atomic E-state index is 13.0. The fraction of sp³-hybridized carbons (Fsp3) is 0.375. The van der Waals surface area contributed by atoms with Crippen LogP contribution in [-0.4, -0.2) is 34.7 Å². The van der Waals surface area contributed by atoms with Gasteiger partial charge in [-0.05, 0) is 17.7 Å². The van der Waals surface area contributed by atoms with Gasteiger partial charge in [0, 0.05) is 51.0 Å². The lowest BCUT2D eigenvalue weighted by atomic mass is 10.2. The highest BCUT2D eigenvalue weighted by molar-refractivity contribution is 14.0. The van der Waals surface area contributed by atoms with Crippen molar-refractivity contribution in [2.45, 2.75) is 19.3 Å². The Labute approximate surface area is 172 Å². The van der Waals surface area contributed by atoms with E-state index < -0.39 is 11.9 Å². The first-order valence-corrected chi connectivity index (χ1v) is 7.84. The van der Waals surface area contributed by atoms with E-state index >= 15 is 0 Å². The number of alkyl halides is 3. The van der Waals surface area contributed by atoms with Gasteiger partial charge in [-0.1, -0.05) is 23.7 Å². The Balaban J connectivity index is 0.00000338. The van der Waals surface area contributed by atoms with Gasteiger partial charge in [-0.25, -0.2) is 0 Å². The third-order valence-electron chi connectivity index (χ3n) is 3.49. The molecule has 2 rings (SSSR count). The van der Waals surface area contributed by atoms with Gasteiger partial charge in [-0.3, -0.25) is 9.67 Å². The van der Waals surface area contributed by atoms with E-state index in [0.717, 1.165) is 10.2 Å². The van der Waals surface area contributed by atoms with Crippen LogP contribution in [0.2, 0.25) is 5.02 Å². The van der Waals surface area contributed by atoms with Gasteiger partial charge in [0.25, 0.3) is 0 Å². The third-order valence-corrected chi connectivity index (χ3v) is 3.73. The van der Waals surface area contributed by atoms with Gasteiger partial charge < -0.3 is 10.2 Å². The van der Waals surface area contributed by atoms with Crippen molar-refractivity contribution in [1.29, 1.82) is 0 Å². The van der Waals surface area contributed by atoms with Gasteiger partial charge in [0.1, 0.15) is 0 Å². The molecule has 0 radical (unpaired) electrons. The van der Waals surface area contributed by atoms with Crippen molar-refractivity contribution in [2.24, 2.45) is 12.0 Å². The molecule has 1 N–H and O–H groups in total. The zero-order valence-electron chi connectivity index (χ0n) is 14.5. The van der Waals surface area contributed by atoms with E-state index in [0.29, 0.717) is 17.5 Å². The predicted molar refractivity (Wildman–Crippen MR) is 107 cm³/mol. The Morgan fingerprint density at radius 3 is 2.65 bits per heavy atom. The van der Waals surface area contributed by atoms with Gasteiger partial charge in [0.15, 0.2) is 11.7 Å². The lowest BCUT2D eigenvalue weighted by molar-refractivity contribution is -0.142. The van der Waals surface area contributed by atoms with Crippen LogP contribution in [0.1, 0.15) is 16.8 Å². The second kappa shape index (κ2) is 9.45. The molecule has 0 fully saturated rings. The molecular weight excluding hydrogens is 482 g/mol. The molecule has 0 unspecified atom stereocenters. The summed E-state index contributed by atoms with van der Waals surface area (Å²) < 4.78 is 40.1. The fourth-order valence-electron chi connectivity index (χ4n) is 2.45. The molecule has 144 valence electrons. The van der Waals surface area contributed by atoms with Crippen molar-refractivity contribution in [3.8, 4) is 0 Å². The van der Waals surface area contributed by atoms with Gasteiger partial charge in [0.2, 0.25) is 0 Å². The Hall–Kier alpha value is -1.49. The monoisotopic (exact) mass is 501 g/mol. The Bertz CT molecular complexity index is 761. The van der Waals surface area contributed by atoms with E-state index in [9.17, 15) is 13.2 Å². The van der Waals surface area contributed by atoms with Crippen molar-refractivity contribution in [3.05, 3.63) is 52.3 Å². The van der Waals surface area contributed by atoms with Gasteiger partial charge in [-0.2, -0.15) is 18.3 Å². The first kappa shape index (κ1) is 22.6. The van der Waals surface area contributed by atoms with Gasteiger partial charge >= 0.3 is 6.18 Å². The van der Waals surface area contributed by atoms with Crippen LogP contribution in [0.15, 0.2) is 35.5 Å². The summed E-state index contributed by atoms with van der Waals surface area (Å²) in [6.07, 6.45) is -3.14. The van der Waals surface area contributed by atoms with Crippen molar-refractivity contribution in [3.63, 3.8) is 0 Å². The smallest absolute Gasteiger partial charge is 0.352 e. The summed E-state index contributed by atoms with van der Waals surface area (Å²) in [6, 6.07) is 7.36. The summed E-state index contributed by atoms with van der Waals surface area (Å²) in [7, 11) is 4.83. The molecular formula is C16H20ClF3IN5. The summed E-state index contributed by atoms with van der Waals surface area (Å²) in [6.45, 7) is 0.481. The molecule has 0 saturated heterocycles. The molecule has 1 aromatic heterocycles. The molecule has 26 heavy (non-hydrogen) atoms. The number of aliphatic imine (C=N–C) groups is 1. The average molecular weight is 502 g/mol. The normalized spacial score (nSPS) is 11.9. The fourth-order valence-corrected chi connectivity index (χ4v) is 2.66. The Morgan fingerprint density at radius 1 is 1.38 bits per heavy atom. The largest absolute Gasteiger partial charge is 0.435 e. The molecule has 0 atom stereocenters. The highest BCUT2D eigenvalue weighted by Crippen LogP contribution is 2.30. The standard InChI is InChI=1S/C16H19ClF3N5.HI/c1-21-15(24(2)9-11-5-4-6-13(17)7-11)22-8-12-10-25(3)23-14(12)16(18,19)20;/h4-7,10H,8-9H2,1-3H3,(H,21,22);1H. The van der Waals surface area contributed by atoms with E-state index in [1.807, 2.05) is 18.2 Å². The number of benzene rings is 1. The quantitative estimate of drug-likeness (QED) is 0.393. The van der Waals surface area contributed by atoms with E-state index in [2.05, 4.69) is 15.4 Å². The van der Waals surface area contributed by atoms with E-state index in [1.54, 1.807) is 25.1 Å². The second-order valence-corrected chi connectivity index (χ2v) is 6.00. The molecule has 0 aliphatic carbocycles. The number of halogens is 5. The Kier molecular flexibility index (Phi) is 8.19. The molecule has 2 aromatic rings. The van der Waals surface area contributed by atoms with Crippen LogP contribution in [0.4, 0.5) is 13.2 Å². The van der Waals surface area contributed by atoms with Crippen molar-refractivity contribution >= 4 is 41.5 Å². The summed E-state index contributed by atoms with van der Waals surface area (Å²) in [5, 5.41) is 7.05. The van der Waals surface area contributed by atoms with Crippen LogP contribution in [0.5, 0.6) is 0 Å². The topological polar surface area (TPSA) is 45.5 Å². The number of hydrogen-bond acceptors (Lipinski definition) is 2. The summed E-state index contributed by atoms with van der Waals surface area (Å²) >= 11 is 5.97. The number of aromatic nitrogens is 2. The Morgan fingerprint density at radius 2 is 2.08 bits per heavy atom. The second-order valence-electron chi connectivity index (χ2n) is 5.56. The minimum Gasteiger partial charge on any atom is -0.352 e. The van der Waals surface area contributed by atoms with E-state index in [1.165, 1.54) is 13.2 Å². The van der Waals surface area contributed by atoms with Gasteiger partial charge in [0.05, 0.1) is 0 Å². The van der Waals surface area contributed by atoms with Crippen LogP contribution in [-0.2, 0) is 26.3 Å². The van der Waals surface area contributed by atoms with Gasteiger partial charge in [-0.15, -0.1) is 24.0 Å². The lowest BCUT2D eigenvalue weighted by Crippen LogP contribution is -2.38. The molecule has 0 aliphatic rings. The molecule has 0 bridgehead atoms. The lowest BCUT2D eigenvalue weighted by Gasteiger charge is -2.22. The zero-order valence-corrected chi connectivity index (χ0v) is 17.6. The number of nitrogens with zero attached hydrogens (tertiary/aromatic N) is 4. The zero-order chi connectivity index (χ0) is 18.6. The molecule has 10 heteroatoms. The highest BCUT2D eigenvalue weighted by Gasteiger charge is 2.36. The van der Waals surface area contributed by atoms with Crippen molar-refractivity contribution < 1.29 is 13.2 Å². The SMILES string of the molecule is CN=C(NCc1cn(C)nc1C(F)(F)F)N(C)Cc1cccc(Cl)c1.I. The number of hydrogen-bond donors (Lipinski definition) is 1. The number of rotatable bonds is 4. The maximum atomic E-state index is 13.0. The third kappa shape index (κ3) is 6.04. The number of nitrogens with one attached hydrogen (secondary N) is 1. The summed E-state index contributed by atoms with van der Waals surface area (Å²) in [5.41, 5.74) is 0.137. The minimum absolute atomic E-state index is 0. The van der Waals surface area contributed by atoms with E-state index in [-0.39, 0.29) is 36.1 Å². The summed E-state index contributed by atoms with van der Waals surface area (Å²) in [5.74, 6) is 0.469. The molecule has 1 heterocycles. The molecule has 0 aliphatic heterocycles. The van der Waals surface area contributed by atoms with Crippen LogP contribution >= 0.6 is 35.6 Å². The average Bonchev–Trinajstić information content (AvgIpc) is 2.89. The van der Waals surface area contributed by atoms with Crippen LogP contribution < -0.4 is 5.32 Å². The first-order valence-electron chi connectivity index (χ1n) is 7.46. The first-order chi connectivity index (χ1) is 11.7. The minimum atomic E-state index is -4.49. The maximum Gasteiger partial charge on any atom is 0.435 e. The van der Waals surface area contributed by atoms with Crippen molar-refractivity contribution in [2.75, 3.05) is 14.1 Å². The number of guanidine groups is 1. The highest BCUT2D eigenvalue weighted by atomic mass is 127. The van der Waals surface area contributed by atoms with Crippen LogP contribution in [0.25, 0.3) is 0 Å². The molecule has 0 spiro atoms. The predicted octanol–water partition coefficient (Wildman–Crippen LogP) is 3.92. The van der Waals surface area contributed by atoms with Crippen molar-refractivity contribution in [1.82, 2.24) is 20.0 Å². The van der Waals surface area contributed by atoms with E-state index in [4.69, 9.17) is 11.6 Å². The van der Waals surface area contributed by atoms with Crippen LogP contribution in [0.3, 0.4) is 0 Å². The molecule has 0 saturated carbocycles. The summed E-state index contributed by atoms with van der Waals surface area (Å²) in [4.78, 5) is 5.91. The molecule has 0 amide bonds. The molecule has 1 aromatic carbocycles. The van der Waals surface area contributed by atoms with Crippen LogP contribution in [0, 0.1) is 0 Å². The molecule has 5 nitrogen and oxygen atoms in total.